The van der Waals surface area contributed by atoms with E-state index in [0.717, 1.165) is 0 Å². The second kappa shape index (κ2) is 8.57. The Hall–Kier alpha value is -3.33. The topological polar surface area (TPSA) is 81.5 Å². The van der Waals surface area contributed by atoms with Gasteiger partial charge >= 0.3 is 5.97 Å². The molecule has 2 aromatic carbocycles. The largest absolute Gasteiger partial charge is 0.493 e. The summed E-state index contributed by atoms with van der Waals surface area (Å²) in [4.78, 5) is 12.2. The van der Waals surface area contributed by atoms with Crippen LogP contribution >= 0.6 is 12.2 Å². The maximum Gasteiger partial charge on any atom is 0.343 e. The maximum absolute atomic E-state index is 13.0. The van der Waals surface area contributed by atoms with Crippen LogP contribution in [0.4, 0.5) is 4.39 Å². The van der Waals surface area contributed by atoms with Crippen molar-refractivity contribution in [3.63, 3.8) is 0 Å². The van der Waals surface area contributed by atoms with E-state index in [2.05, 4.69) is 15.3 Å². The number of nitrogens with one attached hydrogen (secondary N) is 1. The summed E-state index contributed by atoms with van der Waals surface area (Å²) in [5.41, 5.74) is 0.944. The highest BCUT2D eigenvalue weighted by molar-refractivity contribution is 7.71. The predicted octanol–water partition coefficient (Wildman–Crippen LogP) is 3.75. The Kier molecular flexibility index (Phi) is 5.95. The van der Waals surface area contributed by atoms with Crippen molar-refractivity contribution in [2.24, 2.45) is 5.10 Å². The number of halogens is 1. The van der Waals surface area contributed by atoms with E-state index in [-0.39, 0.29) is 11.3 Å². The van der Waals surface area contributed by atoms with Gasteiger partial charge in [0.25, 0.3) is 0 Å². The first-order valence-corrected chi connectivity index (χ1v) is 8.79. The first-order valence-electron chi connectivity index (χ1n) is 8.38. The summed E-state index contributed by atoms with van der Waals surface area (Å²) in [5.74, 6) is 0.255. The molecular formula is C19H17FN4O3S. The Labute approximate surface area is 165 Å². The number of methoxy groups -OCH3 is 1. The van der Waals surface area contributed by atoms with E-state index in [1.165, 1.54) is 36.1 Å². The van der Waals surface area contributed by atoms with E-state index in [1.807, 2.05) is 6.92 Å². The molecule has 3 rings (SSSR count). The van der Waals surface area contributed by atoms with Crippen LogP contribution in [0.2, 0.25) is 0 Å². The zero-order chi connectivity index (χ0) is 20.1. The molecule has 1 heterocycles. The lowest BCUT2D eigenvalue weighted by molar-refractivity contribution is 0.0729. The SMILES string of the molecule is CCc1n[nH]c(=S)n1/N=C/c1ccc(OC(=O)c2ccc(F)cc2)c(OC)c1. The van der Waals surface area contributed by atoms with Crippen LogP contribution in [0.25, 0.3) is 0 Å². The summed E-state index contributed by atoms with van der Waals surface area (Å²) in [6, 6.07) is 10.1. The molecule has 0 aliphatic heterocycles. The van der Waals surface area contributed by atoms with Crippen LogP contribution in [0.1, 0.15) is 28.7 Å². The Bertz CT molecular complexity index is 1070. The zero-order valence-electron chi connectivity index (χ0n) is 15.2. The molecule has 0 unspecified atom stereocenters. The number of nitrogens with zero attached hydrogens (tertiary/aromatic N) is 3. The maximum atomic E-state index is 13.0. The minimum Gasteiger partial charge on any atom is -0.493 e. The molecule has 0 fully saturated rings. The van der Waals surface area contributed by atoms with Crippen LogP contribution in [0.5, 0.6) is 11.5 Å². The molecule has 0 aliphatic rings. The van der Waals surface area contributed by atoms with E-state index in [4.69, 9.17) is 21.7 Å². The highest BCUT2D eigenvalue weighted by Gasteiger charge is 2.13. The second-order valence-electron chi connectivity index (χ2n) is 5.66. The van der Waals surface area contributed by atoms with Gasteiger partial charge in [0.2, 0.25) is 4.77 Å². The third-order valence-corrected chi connectivity index (χ3v) is 4.09. The highest BCUT2D eigenvalue weighted by atomic mass is 32.1. The zero-order valence-corrected chi connectivity index (χ0v) is 16.0. The summed E-state index contributed by atoms with van der Waals surface area (Å²) >= 11 is 5.15. The fourth-order valence-electron chi connectivity index (χ4n) is 2.39. The number of hydrogen-bond donors (Lipinski definition) is 1. The molecule has 0 aliphatic carbocycles. The van der Waals surface area contributed by atoms with E-state index in [1.54, 1.807) is 24.4 Å². The average molecular weight is 400 g/mol. The van der Waals surface area contributed by atoms with Gasteiger partial charge in [-0.05, 0) is 60.2 Å². The fourth-order valence-corrected chi connectivity index (χ4v) is 2.59. The quantitative estimate of drug-likeness (QED) is 0.295. The van der Waals surface area contributed by atoms with Gasteiger partial charge in [0, 0.05) is 6.42 Å². The van der Waals surface area contributed by atoms with Gasteiger partial charge in [0.15, 0.2) is 17.3 Å². The van der Waals surface area contributed by atoms with Crippen LogP contribution in [-0.2, 0) is 6.42 Å². The molecule has 144 valence electrons. The molecular weight excluding hydrogens is 383 g/mol. The van der Waals surface area contributed by atoms with Gasteiger partial charge in [-0.3, -0.25) is 5.10 Å². The molecule has 9 heteroatoms. The number of carbonyl (C=O) groups excluding carboxylic acids is 1. The summed E-state index contributed by atoms with van der Waals surface area (Å²) in [5, 5.41) is 11.1. The summed E-state index contributed by atoms with van der Waals surface area (Å²) in [6.07, 6.45) is 2.27. The van der Waals surface area contributed by atoms with E-state index in [9.17, 15) is 9.18 Å². The molecule has 0 bridgehead atoms. The van der Waals surface area contributed by atoms with Gasteiger partial charge in [-0.2, -0.15) is 14.9 Å². The number of benzene rings is 2. The molecule has 7 nitrogen and oxygen atoms in total. The number of rotatable bonds is 6. The third-order valence-electron chi connectivity index (χ3n) is 3.83. The Morgan fingerprint density at radius 1 is 1.29 bits per heavy atom. The first kappa shape index (κ1) is 19.4. The average Bonchev–Trinajstić information content (AvgIpc) is 3.07. The van der Waals surface area contributed by atoms with E-state index >= 15 is 0 Å². The van der Waals surface area contributed by atoms with Crippen molar-refractivity contribution in [3.8, 4) is 11.5 Å². The number of ether oxygens (including phenoxy) is 2. The molecule has 0 saturated heterocycles. The van der Waals surface area contributed by atoms with E-state index in [0.29, 0.717) is 28.3 Å². The molecule has 1 aromatic heterocycles. The number of hydrogen-bond acceptors (Lipinski definition) is 6. The molecule has 0 spiro atoms. The summed E-state index contributed by atoms with van der Waals surface area (Å²) in [7, 11) is 1.47. The fraction of sp³-hybridized carbons (Fsp3) is 0.158. The van der Waals surface area contributed by atoms with Crippen LogP contribution in [0.15, 0.2) is 47.6 Å². The van der Waals surface area contributed by atoms with Crippen molar-refractivity contribution in [1.82, 2.24) is 14.9 Å². The lowest BCUT2D eigenvalue weighted by Crippen LogP contribution is -2.09. The molecule has 1 N–H and O–H groups in total. The molecule has 0 atom stereocenters. The van der Waals surface area contributed by atoms with Crippen molar-refractivity contribution in [2.75, 3.05) is 7.11 Å². The molecule has 0 radical (unpaired) electrons. The normalized spacial score (nSPS) is 11.0. The lowest BCUT2D eigenvalue weighted by atomic mass is 10.2. The van der Waals surface area contributed by atoms with Crippen molar-refractivity contribution in [1.29, 1.82) is 0 Å². The van der Waals surface area contributed by atoms with Crippen molar-refractivity contribution in [2.45, 2.75) is 13.3 Å². The van der Waals surface area contributed by atoms with Crippen molar-refractivity contribution < 1.29 is 18.7 Å². The predicted molar refractivity (Wildman–Crippen MR) is 104 cm³/mol. The molecule has 0 amide bonds. The standard InChI is InChI=1S/C19H17FN4O3S/c1-3-17-22-23-19(28)24(17)21-11-12-4-9-15(16(10-12)26-2)27-18(25)13-5-7-14(20)8-6-13/h4-11H,3H2,1-2H3,(H,23,28)/b21-11+. The minimum absolute atomic E-state index is 0.232. The smallest absolute Gasteiger partial charge is 0.343 e. The Balaban J connectivity index is 1.81. The Morgan fingerprint density at radius 2 is 2.04 bits per heavy atom. The first-order chi connectivity index (χ1) is 13.5. The molecule has 28 heavy (non-hydrogen) atoms. The van der Waals surface area contributed by atoms with Gasteiger partial charge in [0.05, 0.1) is 18.9 Å². The Morgan fingerprint density at radius 3 is 2.71 bits per heavy atom. The second-order valence-corrected chi connectivity index (χ2v) is 6.05. The van der Waals surface area contributed by atoms with Crippen molar-refractivity contribution in [3.05, 3.63) is 70.0 Å². The lowest BCUT2D eigenvalue weighted by Gasteiger charge is -2.10. The van der Waals surface area contributed by atoms with Gasteiger partial charge in [-0.1, -0.05) is 6.92 Å². The third kappa shape index (κ3) is 4.32. The molecule has 3 aromatic rings. The van der Waals surface area contributed by atoms with Crippen LogP contribution in [0, 0.1) is 10.6 Å². The number of esters is 1. The minimum atomic E-state index is -0.614. The van der Waals surface area contributed by atoms with Gasteiger partial charge in [-0.25, -0.2) is 9.18 Å². The van der Waals surface area contributed by atoms with Gasteiger partial charge < -0.3 is 9.47 Å². The number of aromatic amines is 1. The van der Waals surface area contributed by atoms with Crippen molar-refractivity contribution >= 4 is 24.4 Å². The summed E-state index contributed by atoms with van der Waals surface area (Å²) < 4.78 is 25.6. The monoisotopic (exact) mass is 400 g/mol. The van der Waals surface area contributed by atoms with E-state index < -0.39 is 11.8 Å². The highest BCUT2D eigenvalue weighted by Crippen LogP contribution is 2.28. The number of H-pyrrole nitrogens is 1. The number of carbonyl (C=O) groups is 1. The van der Waals surface area contributed by atoms with Gasteiger partial charge in [-0.15, -0.1) is 0 Å². The number of aromatic nitrogens is 3. The summed E-state index contributed by atoms with van der Waals surface area (Å²) in [6.45, 7) is 1.95. The van der Waals surface area contributed by atoms with Crippen LogP contribution in [0.3, 0.4) is 0 Å². The van der Waals surface area contributed by atoms with Crippen LogP contribution < -0.4 is 9.47 Å². The van der Waals surface area contributed by atoms with Crippen LogP contribution in [-0.4, -0.2) is 34.2 Å². The van der Waals surface area contributed by atoms with Gasteiger partial charge in [0.1, 0.15) is 5.82 Å². The molecule has 0 saturated carbocycles. The number of aryl methyl sites for hydroxylation is 1.